The van der Waals surface area contributed by atoms with E-state index >= 15 is 0 Å². The van der Waals surface area contributed by atoms with Crippen LogP contribution in [0.15, 0.2) is 12.7 Å². The zero-order valence-electron chi connectivity index (χ0n) is 12.3. The van der Waals surface area contributed by atoms with E-state index in [1.807, 2.05) is 6.92 Å². The van der Waals surface area contributed by atoms with Gasteiger partial charge in [-0.2, -0.15) is 0 Å². The lowest BCUT2D eigenvalue weighted by Gasteiger charge is -2.65. The number of nitrogens with zero attached hydrogens (tertiary/aromatic N) is 1. The zero-order valence-corrected chi connectivity index (χ0v) is 12.3. The normalized spacial score (nSPS) is 36.0. The summed E-state index contributed by atoms with van der Waals surface area (Å²) in [4.78, 5) is 14.6. The predicted octanol–water partition coefficient (Wildman–Crippen LogP) is 1.55. The maximum absolute atomic E-state index is 12.8. The Bertz CT molecular complexity index is 380. The van der Waals surface area contributed by atoms with Crippen molar-refractivity contribution in [2.75, 3.05) is 19.7 Å². The van der Waals surface area contributed by atoms with E-state index in [-0.39, 0.29) is 23.3 Å². The quantitative estimate of drug-likeness (QED) is 0.786. The first kappa shape index (κ1) is 14.5. The van der Waals surface area contributed by atoms with E-state index in [1.54, 1.807) is 11.0 Å². The molecule has 0 spiro atoms. The highest BCUT2D eigenvalue weighted by molar-refractivity contribution is 5.89. The molecular formula is C15H26N2O2. The van der Waals surface area contributed by atoms with Crippen LogP contribution in [0.5, 0.6) is 0 Å². The molecule has 3 unspecified atom stereocenters. The van der Waals surface area contributed by atoms with Crippen molar-refractivity contribution in [3.63, 3.8) is 0 Å². The number of rotatable bonds is 4. The molecule has 1 saturated carbocycles. The largest absolute Gasteiger partial charge is 0.377 e. The number of fused-ring (bicyclic) bond motifs is 1. The third kappa shape index (κ3) is 1.84. The van der Waals surface area contributed by atoms with Gasteiger partial charge in [0.1, 0.15) is 5.54 Å². The molecule has 2 aliphatic rings. The van der Waals surface area contributed by atoms with Crippen molar-refractivity contribution in [1.29, 1.82) is 0 Å². The fourth-order valence-corrected chi connectivity index (χ4v) is 3.78. The lowest BCUT2D eigenvalue weighted by Crippen LogP contribution is -2.82. The van der Waals surface area contributed by atoms with Gasteiger partial charge >= 0.3 is 0 Å². The van der Waals surface area contributed by atoms with Crippen LogP contribution in [0.4, 0.5) is 0 Å². The van der Waals surface area contributed by atoms with E-state index in [2.05, 4.69) is 20.4 Å². The summed E-state index contributed by atoms with van der Waals surface area (Å²) in [5, 5.41) is 0. The van der Waals surface area contributed by atoms with E-state index in [0.717, 1.165) is 19.4 Å². The molecule has 1 saturated heterocycles. The van der Waals surface area contributed by atoms with E-state index in [1.165, 1.54) is 0 Å². The van der Waals surface area contributed by atoms with Crippen LogP contribution in [0.3, 0.4) is 0 Å². The second kappa shape index (κ2) is 4.91. The SMILES string of the molecule is C=CCN(CC)C(=O)C1(N)C2CCCOC2C1(C)C. The fraction of sp³-hybridized carbons (Fsp3) is 0.800. The van der Waals surface area contributed by atoms with Crippen LogP contribution in [-0.4, -0.2) is 42.1 Å². The number of amides is 1. The predicted molar refractivity (Wildman–Crippen MR) is 75.6 cm³/mol. The van der Waals surface area contributed by atoms with Gasteiger partial charge in [-0.05, 0) is 19.8 Å². The molecule has 2 rings (SSSR count). The minimum atomic E-state index is -0.795. The van der Waals surface area contributed by atoms with Crippen LogP contribution >= 0.6 is 0 Å². The first-order valence-electron chi connectivity index (χ1n) is 7.22. The molecule has 0 radical (unpaired) electrons. The van der Waals surface area contributed by atoms with Gasteiger partial charge in [0, 0.05) is 31.0 Å². The van der Waals surface area contributed by atoms with Crippen LogP contribution in [0.2, 0.25) is 0 Å². The monoisotopic (exact) mass is 266 g/mol. The molecule has 1 heterocycles. The molecule has 108 valence electrons. The second-order valence-electron chi connectivity index (χ2n) is 6.26. The van der Waals surface area contributed by atoms with Gasteiger partial charge in [0.25, 0.3) is 0 Å². The maximum Gasteiger partial charge on any atom is 0.243 e. The molecule has 0 aromatic carbocycles. The molecule has 2 fully saturated rings. The van der Waals surface area contributed by atoms with Crippen molar-refractivity contribution < 1.29 is 9.53 Å². The van der Waals surface area contributed by atoms with Crippen molar-refractivity contribution in [2.45, 2.75) is 45.3 Å². The molecule has 19 heavy (non-hydrogen) atoms. The number of ether oxygens (including phenoxy) is 1. The molecule has 1 aliphatic carbocycles. The molecular weight excluding hydrogens is 240 g/mol. The molecule has 4 nitrogen and oxygen atoms in total. The van der Waals surface area contributed by atoms with E-state index in [9.17, 15) is 4.79 Å². The number of hydrogen-bond acceptors (Lipinski definition) is 3. The summed E-state index contributed by atoms with van der Waals surface area (Å²) in [6.45, 7) is 11.8. The van der Waals surface area contributed by atoms with E-state index in [0.29, 0.717) is 13.1 Å². The third-order valence-electron chi connectivity index (χ3n) is 5.06. The van der Waals surface area contributed by atoms with E-state index in [4.69, 9.17) is 10.5 Å². The molecule has 0 aromatic rings. The highest BCUT2D eigenvalue weighted by Crippen LogP contribution is 2.57. The van der Waals surface area contributed by atoms with Gasteiger partial charge in [-0.25, -0.2) is 0 Å². The number of nitrogens with two attached hydrogens (primary N) is 1. The van der Waals surface area contributed by atoms with Crippen molar-refractivity contribution in [2.24, 2.45) is 17.1 Å². The molecule has 0 aromatic heterocycles. The fourth-order valence-electron chi connectivity index (χ4n) is 3.78. The van der Waals surface area contributed by atoms with Gasteiger partial charge in [-0.15, -0.1) is 6.58 Å². The average molecular weight is 266 g/mol. The molecule has 1 aliphatic heterocycles. The van der Waals surface area contributed by atoms with Crippen LogP contribution in [-0.2, 0) is 9.53 Å². The number of carbonyl (C=O) groups is 1. The van der Waals surface area contributed by atoms with Crippen molar-refractivity contribution in [3.05, 3.63) is 12.7 Å². The first-order valence-corrected chi connectivity index (χ1v) is 7.22. The summed E-state index contributed by atoms with van der Waals surface area (Å²) in [7, 11) is 0. The summed E-state index contributed by atoms with van der Waals surface area (Å²) in [6.07, 6.45) is 3.86. The first-order chi connectivity index (χ1) is 8.91. The second-order valence-corrected chi connectivity index (χ2v) is 6.26. The molecule has 3 atom stereocenters. The van der Waals surface area contributed by atoms with Crippen LogP contribution in [0, 0.1) is 11.3 Å². The van der Waals surface area contributed by atoms with Crippen LogP contribution in [0.1, 0.15) is 33.6 Å². The smallest absolute Gasteiger partial charge is 0.243 e. The van der Waals surface area contributed by atoms with E-state index < -0.39 is 5.54 Å². The van der Waals surface area contributed by atoms with Crippen molar-refractivity contribution in [1.82, 2.24) is 4.90 Å². The molecule has 1 amide bonds. The Morgan fingerprint density at radius 1 is 1.58 bits per heavy atom. The highest BCUT2D eigenvalue weighted by atomic mass is 16.5. The average Bonchev–Trinajstić information content (AvgIpc) is 2.43. The zero-order chi connectivity index (χ0) is 14.3. The van der Waals surface area contributed by atoms with Gasteiger partial charge in [-0.3, -0.25) is 4.79 Å². The van der Waals surface area contributed by atoms with Gasteiger partial charge in [-0.1, -0.05) is 19.9 Å². The summed E-state index contributed by atoms with van der Waals surface area (Å²) >= 11 is 0. The minimum absolute atomic E-state index is 0.0478. The lowest BCUT2D eigenvalue weighted by atomic mass is 9.46. The third-order valence-corrected chi connectivity index (χ3v) is 5.06. The van der Waals surface area contributed by atoms with Gasteiger partial charge < -0.3 is 15.4 Å². The Balaban J connectivity index is 2.25. The Morgan fingerprint density at radius 2 is 2.26 bits per heavy atom. The maximum atomic E-state index is 12.8. The topological polar surface area (TPSA) is 55.6 Å². The van der Waals surface area contributed by atoms with Gasteiger partial charge in [0.05, 0.1) is 6.10 Å². The summed E-state index contributed by atoms with van der Waals surface area (Å²) in [6, 6.07) is 0. The van der Waals surface area contributed by atoms with Crippen molar-refractivity contribution >= 4 is 5.91 Å². The summed E-state index contributed by atoms with van der Waals surface area (Å²) in [5.74, 6) is 0.203. The number of carbonyl (C=O) groups excluding carboxylic acids is 1. The van der Waals surface area contributed by atoms with Crippen LogP contribution in [0.25, 0.3) is 0 Å². The van der Waals surface area contributed by atoms with Gasteiger partial charge in [0.15, 0.2) is 0 Å². The Hall–Kier alpha value is -0.870. The minimum Gasteiger partial charge on any atom is -0.377 e. The number of likely N-dealkylation sites (N-methyl/N-ethyl adjacent to an activating group) is 1. The summed E-state index contributed by atoms with van der Waals surface area (Å²) in [5.41, 5.74) is 5.48. The molecule has 0 bridgehead atoms. The van der Waals surface area contributed by atoms with Crippen molar-refractivity contribution in [3.8, 4) is 0 Å². The van der Waals surface area contributed by atoms with Crippen LogP contribution < -0.4 is 5.73 Å². The Kier molecular flexibility index (Phi) is 3.76. The van der Waals surface area contributed by atoms with Gasteiger partial charge in [0.2, 0.25) is 5.91 Å². The highest BCUT2D eigenvalue weighted by Gasteiger charge is 2.70. The molecule has 4 heteroatoms. The Morgan fingerprint density at radius 3 is 2.84 bits per heavy atom. The Labute approximate surface area is 116 Å². The summed E-state index contributed by atoms with van der Waals surface area (Å²) < 4.78 is 5.84. The molecule has 2 N–H and O–H groups in total. The standard InChI is InChI=1S/C15H26N2O2/c1-5-9-17(6-2)13(18)15(16)11-8-7-10-19-12(11)14(15,3)4/h5,11-12H,1,6-10,16H2,2-4H3. The number of hydrogen-bond donors (Lipinski definition) is 1. The lowest BCUT2D eigenvalue weighted by molar-refractivity contribution is -0.229.